The molecule has 1 N–H and O–H groups in total. The topological polar surface area (TPSA) is 55.4 Å². The Morgan fingerprint density at radius 1 is 1.32 bits per heavy atom. The average Bonchev–Trinajstić information content (AvgIpc) is 2.36. The molecular weight excluding hydrogens is 266 g/mol. The number of carbonyl (C=O) groups excluding carboxylic acids is 2. The number of esters is 1. The van der Waals surface area contributed by atoms with Gasteiger partial charge in [-0.25, -0.2) is 4.79 Å². The lowest BCUT2D eigenvalue weighted by Gasteiger charge is -2.18. The number of rotatable bonds is 5. The molecule has 0 aromatic heterocycles. The number of benzene rings is 1. The monoisotopic (exact) mass is 283 g/mol. The van der Waals surface area contributed by atoms with Gasteiger partial charge in [-0.05, 0) is 24.5 Å². The molecule has 0 bridgehead atoms. The van der Waals surface area contributed by atoms with Gasteiger partial charge >= 0.3 is 5.97 Å². The number of methoxy groups -OCH3 is 1. The molecule has 5 heteroatoms. The molecule has 0 aliphatic heterocycles. The number of halogens is 1. The van der Waals surface area contributed by atoms with Gasteiger partial charge in [0.2, 0.25) is 0 Å². The number of ether oxygens (including phenoxy) is 1. The van der Waals surface area contributed by atoms with Crippen molar-refractivity contribution in [2.75, 3.05) is 7.11 Å². The predicted molar refractivity (Wildman–Crippen MR) is 74.2 cm³/mol. The maximum atomic E-state index is 12.1. The summed E-state index contributed by atoms with van der Waals surface area (Å²) in [6, 6.07) is 6.04. The molecule has 1 amide bonds. The number of hydrogen-bond donors (Lipinski definition) is 1. The third-order valence-corrected chi connectivity index (χ3v) is 2.95. The van der Waals surface area contributed by atoms with Crippen LogP contribution in [0.15, 0.2) is 24.3 Å². The average molecular weight is 284 g/mol. The molecule has 0 spiro atoms. The molecule has 0 heterocycles. The predicted octanol–water partition coefficient (Wildman–Crippen LogP) is 2.66. The Balaban J connectivity index is 2.82. The van der Waals surface area contributed by atoms with Gasteiger partial charge < -0.3 is 10.1 Å². The highest BCUT2D eigenvalue weighted by atomic mass is 35.5. The molecule has 0 aliphatic rings. The van der Waals surface area contributed by atoms with E-state index in [1.54, 1.807) is 24.3 Å². The molecule has 104 valence electrons. The van der Waals surface area contributed by atoms with Crippen LogP contribution in [0.5, 0.6) is 0 Å². The van der Waals surface area contributed by atoms with Crippen molar-refractivity contribution in [3.63, 3.8) is 0 Å². The first-order valence-corrected chi connectivity index (χ1v) is 6.46. The lowest BCUT2D eigenvalue weighted by molar-refractivity contribution is -0.143. The molecule has 0 unspecified atom stereocenters. The zero-order chi connectivity index (χ0) is 14.4. The highest BCUT2D eigenvalue weighted by Crippen LogP contribution is 2.15. The van der Waals surface area contributed by atoms with E-state index in [9.17, 15) is 9.59 Å². The molecular formula is C14H18ClNO3. The van der Waals surface area contributed by atoms with Crippen LogP contribution in [0, 0.1) is 5.92 Å². The lowest BCUT2D eigenvalue weighted by Crippen LogP contribution is -2.42. The van der Waals surface area contributed by atoms with Crippen LogP contribution in [0.25, 0.3) is 0 Å². The van der Waals surface area contributed by atoms with Crippen LogP contribution in [0.2, 0.25) is 5.02 Å². The van der Waals surface area contributed by atoms with E-state index in [0.717, 1.165) is 0 Å². The summed E-state index contributed by atoms with van der Waals surface area (Å²) < 4.78 is 4.69. The van der Waals surface area contributed by atoms with E-state index in [0.29, 0.717) is 17.0 Å². The molecule has 0 saturated heterocycles. The SMILES string of the molecule is COC(=O)[C@@H](CC(C)C)NC(=O)c1ccccc1Cl. The van der Waals surface area contributed by atoms with Crippen molar-refractivity contribution in [3.8, 4) is 0 Å². The molecule has 0 radical (unpaired) electrons. The van der Waals surface area contributed by atoms with Gasteiger partial charge in [0, 0.05) is 0 Å². The third kappa shape index (κ3) is 4.56. The second-order valence-electron chi connectivity index (χ2n) is 4.66. The van der Waals surface area contributed by atoms with Crippen molar-refractivity contribution in [3.05, 3.63) is 34.9 Å². The molecule has 0 saturated carbocycles. The van der Waals surface area contributed by atoms with E-state index in [2.05, 4.69) is 5.32 Å². The minimum absolute atomic E-state index is 0.260. The Kier molecular flexibility index (Phi) is 5.83. The number of hydrogen-bond acceptors (Lipinski definition) is 3. The van der Waals surface area contributed by atoms with Crippen LogP contribution in [0.4, 0.5) is 0 Å². The van der Waals surface area contributed by atoms with Crippen LogP contribution in [0.3, 0.4) is 0 Å². The Morgan fingerprint density at radius 3 is 2.47 bits per heavy atom. The zero-order valence-corrected chi connectivity index (χ0v) is 12.0. The fourth-order valence-corrected chi connectivity index (χ4v) is 1.93. The van der Waals surface area contributed by atoms with Crippen LogP contribution < -0.4 is 5.32 Å². The van der Waals surface area contributed by atoms with E-state index in [4.69, 9.17) is 16.3 Å². The fourth-order valence-electron chi connectivity index (χ4n) is 1.71. The maximum absolute atomic E-state index is 12.1. The molecule has 19 heavy (non-hydrogen) atoms. The quantitative estimate of drug-likeness (QED) is 0.845. The Bertz CT molecular complexity index is 460. The summed E-state index contributed by atoms with van der Waals surface area (Å²) in [5.41, 5.74) is 0.349. The first kappa shape index (κ1) is 15.5. The number of carbonyl (C=O) groups is 2. The lowest BCUT2D eigenvalue weighted by atomic mass is 10.0. The van der Waals surface area contributed by atoms with Crippen molar-refractivity contribution in [1.29, 1.82) is 0 Å². The third-order valence-electron chi connectivity index (χ3n) is 2.62. The summed E-state index contributed by atoms with van der Waals surface area (Å²) in [5.74, 6) is -0.564. The second kappa shape index (κ2) is 7.14. The van der Waals surface area contributed by atoms with E-state index in [-0.39, 0.29) is 11.8 Å². The summed E-state index contributed by atoms with van der Waals surface area (Å²) in [6.45, 7) is 3.94. The first-order valence-electron chi connectivity index (χ1n) is 6.09. The van der Waals surface area contributed by atoms with Crippen LogP contribution in [-0.4, -0.2) is 25.0 Å². The first-order chi connectivity index (χ1) is 8.95. The summed E-state index contributed by atoms with van der Waals surface area (Å²) in [5, 5.41) is 3.01. The minimum Gasteiger partial charge on any atom is -0.467 e. The largest absolute Gasteiger partial charge is 0.467 e. The van der Waals surface area contributed by atoms with Crippen LogP contribution in [0.1, 0.15) is 30.6 Å². The van der Waals surface area contributed by atoms with Gasteiger partial charge in [-0.3, -0.25) is 4.79 Å². The van der Waals surface area contributed by atoms with Gasteiger partial charge in [0.25, 0.3) is 5.91 Å². The van der Waals surface area contributed by atoms with E-state index in [1.165, 1.54) is 7.11 Å². The van der Waals surface area contributed by atoms with Gasteiger partial charge in [-0.15, -0.1) is 0 Å². The van der Waals surface area contributed by atoms with E-state index in [1.807, 2.05) is 13.8 Å². The zero-order valence-electron chi connectivity index (χ0n) is 11.3. The Hall–Kier alpha value is -1.55. The van der Waals surface area contributed by atoms with Crippen molar-refractivity contribution in [1.82, 2.24) is 5.32 Å². The van der Waals surface area contributed by atoms with Crippen molar-refractivity contribution in [2.45, 2.75) is 26.3 Å². The minimum atomic E-state index is -0.659. The second-order valence-corrected chi connectivity index (χ2v) is 5.07. The summed E-state index contributed by atoms with van der Waals surface area (Å²) in [4.78, 5) is 23.7. The van der Waals surface area contributed by atoms with E-state index < -0.39 is 12.0 Å². The maximum Gasteiger partial charge on any atom is 0.328 e. The fraction of sp³-hybridized carbons (Fsp3) is 0.429. The highest BCUT2D eigenvalue weighted by molar-refractivity contribution is 6.33. The van der Waals surface area contributed by atoms with Crippen molar-refractivity contribution < 1.29 is 14.3 Å². The molecule has 0 aliphatic carbocycles. The summed E-state index contributed by atoms with van der Waals surface area (Å²) in [6.07, 6.45) is 0.517. The normalized spacial score (nSPS) is 12.1. The molecule has 0 fully saturated rings. The van der Waals surface area contributed by atoms with Crippen LogP contribution in [-0.2, 0) is 9.53 Å². The molecule has 4 nitrogen and oxygen atoms in total. The van der Waals surface area contributed by atoms with Gasteiger partial charge in [-0.1, -0.05) is 37.6 Å². The van der Waals surface area contributed by atoms with Crippen molar-refractivity contribution >= 4 is 23.5 Å². The van der Waals surface area contributed by atoms with Gasteiger partial charge in [0.1, 0.15) is 6.04 Å². The van der Waals surface area contributed by atoms with Crippen molar-refractivity contribution in [2.24, 2.45) is 5.92 Å². The summed E-state index contributed by atoms with van der Waals surface area (Å²) >= 11 is 5.94. The Morgan fingerprint density at radius 2 is 1.95 bits per heavy atom. The van der Waals surface area contributed by atoms with Gasteiger partial charge in [0.05, 0.1) is 17.7 Å². The van der Waals surface area contributed by atoms with Crippen LogP contribution >= 0.6 is 11.6 Å². The smallest absolute Gasteiger partial charge is 0.328 e. The van der Waals surface area contributed by atoms with Gasteiger partial charge in [-0.2, -0.15) is 0 Å². The molecule has 1 rings (SSSR count). The molecule has 1 atom stereocenters. The Labute approximate surface area is 118 Å². The van der Waals surface area contributed by atoms with E-state index >= 15 is 0 Å². The highest BCUT2D eigenvalue weighted by Gasteiger charge is 2.23. The number of amides is 1. The molecule has 1 aromatic carbocycles. The standard InChI is InChI=1S/C14H18ClNO3/c1-9(2)8-12(14(18)19-3)16-13(17)10-6-4-5-7-11(10)15/h4-7,9,12H,8H2,1-3H3,(H,16,17)/t12-/m1/s1. The van der Waals surface area contributed by atoms with Gasteiger partial charge in [0.15, 0.2) is 0 Å². The summed E-state index contributed by atoms with van der Waals surface area (Å²) in [7, 11) is 1.30. The number of nitrogens with one attached hydrogen (secondary N) is 1. The molecule has 1 aromatic rings.